The number of aromatic nitrogens is 2. The van der Waals surface area contributed by atoms with Crippen LogP contribution in [0.2, 0.25) is 10.0 Å². The maximum absolute atomic E-state index is 12.1. The minimum Gasteiger partial charge on any atom is -0.306 e. The summed E-state index contributed by atoms with van der Waals surface area (Å²) in [5.41, 5.74) is 2.59. The minimum absolute atomic E-state index is 0.248. The largest absolute Gasteiger partial charge is 0.306 e. The average Bonchev–Trinajstić information content (AvgIpc) is 2.96. The fraction of sp³-hybridized carbons (Fsp3) is 0.0526. The van der Waals surface area contributed by atoms with Gasteiger partial charge >= 0.3 is 0 Å². The van der Waals surface area contributed by atoms with E-state index in [-0.39, 0.29) is 5.91 Å². The number of carbonyl (C=O) groups excluding carboxylic acids is 1. The third kappa shape index (κ3) is 4.29. The third-order valence-corrected chi connectivity index (χ3v) is 4.25. The molecule has 0 spiro atoms. The van der Waals surface area contributed by atoms with Crippen LogP contribution in [0.15, 0.2) is 60.7 Å². The van der Waals surface area contributed by atoms with Crippen LogP contribution in [-0.4, -0.2) is 15.7 Å². The van der Waals surface area contributed by atoms with Crippen LogP contribution in [-0.2, 0) is 4.79 Å². The van der Waals surface area contributed by atoms with Crippen molar-refractivity contribution in [3.05, 3.63) is 82.0 Å². The highest BCUT2D eigenvalue weighted by atomic mass is 35.5. The Morgan fingerprint density at radius 2 is 1.84 bits per heavy atom. The normalized spacial score (nSPS) is 11.0. The van der Waals surface area contributed by atoms with Gasteiger partial charge in [-0.05, 0) is 36.8 Å². The van der Waals surface area contributed by atoms with Crippen molar-refractivity contribution in [2.24, 2.45) is 0 Å². The summed E-state index contributed by atoms with van der Waals surface area (Å²) in [6.07, 6.45) is 3.22. The minimum atomic E-state index is -0.248. The van der Waals surface area contributed by atoms with Crippen molar-refractivity contribution in [3.8, 4) is 5.69 Å². The van der Waals surface area contributed by atoms with Gasteiger partial charge in [0.1, 0.15) is 0 Å². The van der Waals surface area contributed by atoms with E-state index >= 15 is 0 Å². The van der Waals surface area contributed by atoms with Crippen molar-refractivity contribution in [2.45, 2.75) is 6.92 Å². The summed E-state index contributed by atoms with van der Waals surface area (Å²) in [4.78, 5) is 12.1. The Labute approximate surface area is 155 Å². The topological polar surface area (TPSA) is 46.9 Å². The zero-order chi connectivity index (χ0) is 17.8. The van der Waals surface area contributed by atoms with Crippen LogP contribution in [0.3, 0.4) is 0 Å². The molecule has 3 rings (SSSR count). The van der Waals surface area contributed by atoms with Gasteiger partial charge in [-0.1, -0.05) is 53.5 Å². The Balaban J connectivity index is 1.75. The molecule has 25 heavy (non-hydrogen) atoms. The standard InChI is InChI=1S/C19H15Cl2N3O/c1-13-11-18(22-19(25)10-7-14-5-3-2-4-6-14)23-24(13)15-8-9-16(20)17(21)12-15/h2-12H,1H3,(H,22,23,25)/b10-7+. The second kappa shape index (κ2) is 7.55. The van der Waals surface area contributed by atoms with Crippen LogP contribution in [0.4, 0.5) is 5.82 Å². The van der Waals surface area contributed by atoms with Gasteiger partial charge in [0.05, 0.1) is 15.7 Å². The summed E-state index contributed by atoms with van der Waals surface area (Å²) in [6, 6.07) is 16.6. The van der Waals surface area contributed by atoms with E-state index in [1.54, 1.807) is 29.0 Å². The van der Waals surface area contributed by atoms with Crippen LogP contribution in [0, 0.1) is 6.92 Å². The van der Waals surface area contributed by atoms with E-state index in [0.717, 1.165) is 16.9 Å². The molecule has 0 fully saturated rings. The maximum atomic E-state index is 12.1. The molecule has 126 valence electrons. The van der Waals surface area contributed by atoms with Crippen molar-refractivity contribution < 1.29 is 4.79 Å². The Bertz CT molecular complexity index is 933. The zero-order valence-electron chi connectivity index (χ0n) is 13.4. The first-order valence-electron chi connectivity index (χ1n) is 7.59. The average molecular weight is 372 g/mol. The van der Waals surface area contributed by atoms with Gasteiger partial charge < -0.3 is 5.32 Å². The second-order valence-corrected chi connectivity index (χ2v) is 6.23. The Morgan fingerprint density at radius 1 is 1.08 bits per heavy atom. The van der Waals surface area contributed by atoms with Gasteiger partial charge in [0.25, 0.3) is 0 Å². The van der Waals surface area contributed by atoms with Crippen LogP contribution >= 0.6 is 23.2 Å². The van der Waals surface area contributed by atoms with Crippen molar-refractivity contribution in [1.82, 2.24) is 9.78 Å². The molecule has 0 aliphatic rings. The Hall–Kier alpha value is -2.56. The molecular formula is C19H15Cl2N3O. The summed E-state index contributed by atoms with van der Waals surface area (Å²) in [6.45, 7) is 1.89. The molecule has 0 saturated carbocycles. The van der Waals surface area contributed by atoms with Gasteiger partial charge in [0.15, 0.2) is 5.82 Å². The first-order valence-corrected chi connectivity index (χ1v) is 8.35. The third-order valence-electron chi connectivity index (χ3n) is 3.51. The number of amides is 1. The van der Waals surface area contributed by atoms with E-state index in [1.165, 1.54) is 6.08 Å². The van der Waals surface area contributed by atoms with Gasteiger partial charge in [0, 0.05) is 17.8 Å². The summed E-state index contributed by atoms with van der Waals surface area (Å²) >= 11 is 12.0. The van der Waals surface area contributed by atoms with Crippen LogP contribution in [0.5, 0.6) is 0 Å². The Kier molecular flexibility index (Phi) is 5.22. The summed E-state index contributed by atoms with van der Waals surface area (Å²) in [5, 5.41) is 8.08. The lowest BCUT2D eigenvalue weighted by molar-refractivity contribution is -0.111. The molecule has 0 saturated heterocycles. The predicted octanol–water partition coefficient (Wildman–Crippen LogP) is 5.14. The molecule has 0 bridgehead atoms. The molecule has 1 aromatic heterocycles. The highest BCUT2D eigenvalue weighted by Gasteiger charge is 2.09. The highest BCUT2D eigenvalue weighted by Crippen LogP contribution is 2.25. The molecule has 0 aliphatic carbocycles. The van der Waals surface area contributed by atoms with Gasteiger partial charge in [0.2, 0.25) is 5.91 Å². The lowest BCUT2D eigenvalue weighted by Gasteiger charge is -2.05. The number of nitrogens with zero attached hydrogens (tertiary/aromatic N) is 2. The second-order valence-electron chi connectivity index (χ2n) is 5.41. The first-order chi connectivity index (χ1) is 12.0. The molecule has 4 nitrogen and oxygen atoms in total. The van der Waals surface area contributed by atoms with Gasteiger partial charge in [-0.25, -0.2) is 4.68 Å². The molecule has 1 N–H and O–H groups in total. The van der Waals surface area contributed by atoms with E-state index in [9.17, 15) is 4.79 Å². The van der Waals surface area contributed by atoms with Crippen LogP contribution < -0.4 is 5.32 Å². The first kappa shape index (κ1) is 17.3. The monoisotopic (exact) mass is 371 g/mol. The lowest BCUT2D eigenvalue weighted by atomic mass is 10.2. The van der Waals surface area contributed by atoms with Gasteiger partial charge in [-0.2, -0.15) is 0 Å². The van der Waals surface area contributed by atoms with Gasteiger partial charge in [-0.15, -0.1) is 5.10 Å². The molecule has 1 heterocycles. The number of nitrogens with one attached hydrogen (secondary N) is 1. The molecule has 1 amide bonds. The fourth-order valence-electron chi connectivity index (χ4n) is 2.32. The molecular weight excluding hydrogens is 357 g/mol. The summed E-state index contributed by atoms with van der Waals surface area (Å²) in [5.74, 6) is 0.217. The molecule has 0 aliphatic heterocycles. The summed E-state index contributed by atoms with van der Waals surface area (Å²) in [7, 11) is 0. The predicted molar refractivity (Wildman–Crippen MR) is 102 cm³/mol. The number of aryl methyl sites for hydroxylation is 1. The fourth-order valence-corrected chi connectivity index (χ4v) is 2.61. The van der Waals surface area contributed by atoms with E-state index < -0.39 is 0 Å². The van der Waals surface area contributed by atoms with Crippen LogP contribution in [0.1, 0.15) is 11.3 Å². The van der Waals surface area contributed by atoms with Crippen molar-refractivity contribution in [2.75, 3.05) is 5.32 Å². The van der Waals surface area contributed by atoms with Gasteiger partial charge in [-0.3, -0.25) is 4.79 Å². The van der Waals surface area contributed by atoms with E-state index in [2.05, 4.69) is 10.4 Å². The van der Waals surface area contributed by atoms with Crippen LogP contribution in [0.25, 0.3) is 11.8 Å². The lowest BCUT2D eigenvalue weighted by Crippen LogP contribution is -2.08. The van der Waals surface area contributed by atoms with E-state index in [0.29, 0.717) is 15.9 Å². The van der Waals surface area contributed by atoms with Crippen molar-refractivity contribution in [1.29, 1.82) is 0 Å². The van der Waals surface area contributed by atoms with Crippen molar-refractivity contribution >= 4 is 41.0 Å². The maximum Gasteiger partial charge on any atom is 0.249 e. The number of benzene rings is 2. The smallest absolute Gasteiger partial charge is 0.249 e. The quantitative estimate of drug-likeness (QED) is 0.645. The zero-order valence-corrected chi connectivity index (χ0v) is 14.9. The number of hydrogen-bond acceptors (Lipinski definition) is 2. The molecule has 0 unspecified atom stereocenters. The number of rotatable bonds is 4. The Morgan fingerprint density at radius 3 is 2.56 bits per heavy atom. The molecule has 6 heteroatoms. The number of anilines is 1. The van der Waals surface area contributed by atoms with Crippen molar-refractivity contribution in [3.63, 3.8) is 0 Å². The summed E-state index contributed by atoms with van der Waals surface area (Å²) < 4.78 is 1.69. The SMILES string of the molecule is Cc1cc(NC(=O)/C=C/c2ccccc2)nn1-c1ccc(Cl)c(Cl)c1. The van der Waals surface area contributed by atoms with E-state index in [4.69, 9.17) is 23.2 Å². The number of carbonyl (C=O) groups is 1. The molecule has 2 aromatic carbocycles. The van der Waals surface area contributed by atoms with E-state index in [1.807, 2.05) is 43.3 Å². The molecule has 0 radical (unpaired) electrons. The molecule has 3 aromatic rings. The number of hydrogen-bond donors (Lipinski definition) is 1. The highest BCUT2D eigenvalue weighted by molar-refractivity contribution is 6.42. The number of halogens is 2. The molecule has 0 atom stereocenters.